The molecule has 3 nitrogen and oxygen atoms in total. The number of carbonyl (C=O) groups excluding carboxylic acids is 1. The molecule has 1 aromatic heterocycles. The Morgan fingerprint density at radius 2 is 2.50 bits per heavy atom. The molecule has 0 bridgehead atoms. The molecule has 0 fully saturated rings. The van der Waals surface area contributed by atoms with E-state index in [1.54, 1.807) is 13.0 Å². The van der Waals surface area contributed by atoms with Crippen molar-refractivity contribution in [3.05, 3.63) is 19.9 Å². The van der Waals surface area contributed by atoms with Crippen LogP contribution in [0.5, 0.6) is 0 Å². The van der Waals surface area contributed by atoms with Crippen molar-refractivity contribution < 1.29 is 9.53 Å². The van der Waals surface area contributed by atoms with Gasteiger partial charge in [-0.25, -0.2) is 4.79 Å². The Hall–Kier alpha value is -0.0400. The summed E-state index contributed by atoms with van der Waals surface area (Å²) in [5.74, 6) is -0.318. The zero-order chi connectivity index (χ0) is 9.14. The average Bonchev–Trinajstić information content (AvgIpc) is 2.33. The van der Waals surface area contributed by atoms with Crippen LogP contribution in [0.4, 0.5) is 0 Å². The van der Waals surface area contributed by atoms with E-state index in [1.165, 1.54) is 0 Å². The summed E-state index contributed by atoms with van der Waals surface area (Å²) in [6.07, 6.45) is 0. The van der Waals surface area contributed by atoms with Crippen LogP contribution in [-0.4, -0.2) is 17.6 Å². The number of carbonyl (C=O) groups is 1. The molecule has 66 valence electrons. The largest absolute Gasteiger partial charge is 0.461 e. The Bertz CT molecular complexity index is 278. The highest BCUT2D eigenvalue weighted by molar-refractivity contribution is 14.1. The van der Waals surface area contributed by atoms with Crippen molar-refractivity contribution >= 4 is 44.5 Å². The fraction of sp³-hybridized carbons (Fsp3) is 0.286. The van der Waals surface area contributed by atoms with Crippen LogP contribution in [-0.2, 0) is 4.74 Å². The molecule has 1 heterocycles. The number of halogens is 2. The first-order valence-corrected chi connectivity index (χ1v) is 5.23. The zero-order valence-electron chi connectivity index (χ0n) is 6.36. The molecular formula is C7H7BrINO2. The van der Waals surface area contributed by atoms with Crippen molar-refractivity contribution in [3.63, 3.8) is 0 Å². The van der Waals surface area contributed by atoms with Gasteiger partial charge in [0.2, 0.25) is 0 Å². The third kappa shape index (κ3) is 2.22. The fourth-order valence-electron chi connectivity index (χ4n) is 0.723. The summed E-state index contributed by atoms with van der Waals surface area (Å²) >= 11 is 5.39. The molecule has 0 aliphatic rings. The molecule has 1 N–H and O–H groups in total. The molecule has 0 saturated carbocycles. The summed E-state index contributed by atoms with van der Waals surface area (Å²) in [5.41, 5.74) is 0.480. The third-order valence-corrected chi connectivity index (χ3v) is 3.44. The van der Waals surface area contributed by atoms with Crippen LogP contribution in [0.3, 0.4) is 0 Å². The second-order valence-electron chi connectivity index (χ2n) is 2.07. The van der Waals surface area contributed by atoms with Gasteiger partial charge in [0.25, 0.3) is 0 Å². The number of rotatable bonds is 2. The predicted octanol–water partition coefficient (Wildman–Crippen LogP) is 2.56. The predicted molar refractivity (Wildman–Crippen MR) is 57.2 cm³/mol. The molecular weight excluding hydrogens is 337 g/mol. The van der Waals surface area contributed by atoms with Gasteiger partial charge in [-0.3, -0.25) is 0 Å². The molecule has 0 aliphatic carbocycles. The summed E-state index contributed by atoms with van der Waals surface area (Å²) in [4.78, 5) is 14.0. The van der Waals surface area contributed by atoms with Gasteiger partial charge in [0, 0.05) is 4.47 Å². The lowest BCUT2D eigenvalue weighted by Gasteiger charge is -1.96. The topological polar surface area (TPSA) is 42.1 Å². The van der Waals surface area contributed by atoms with E-state index in [-0.39, 0.29) is 5.97 Å². The maximum Gasteiger partial charge on any atom is 0.354 e. The summed E-state index contributed by atoms with van der Waals surface area (Å²) in [6, 6.07) is 1.71. The molecule has 12 heavy (non-hydrogen) atoms. The Labute approximate surface area is 92.1 Å². The van der Waals surface area contributed by atoms with Gasteiger partial charge in [-0.05, 0) is 51.5 Å². The average molecular weight is 344 g/mol. The first-order chi connectivity index (χ1) is 5.65. The molecule has 0 aliphatic heterocycles. The number of hydrogen-bond donors (Lipinski definition) is 1. The van der Waals surface area contributed by atoms with Crippen LogP contribution in [0.1, 0.15) is 17.4 Å². The number of ether oxygens (including phenoxy) is 1. The molecule has 1 aromatic rings. The minimum absolute atomic E-state index is 0.318. The molecule has 0 spiro atoms. The lowest BCUT2D eigenvalue weighted by molar-refractivity contribution is 0.0520. The highest BCUT2D eigenvalue weighted by Gasteiger charge is 2.10. The van der Waals surface area contributed by atoms with Crippen LogP contribution in [0.2, 0.25) is 0 Å². The lowest BCUT2D eigenvalue weighted by Crippen LogP contribution is -2.04. The minimum atomic E-state index is -0.318. The number of H-pyrrole nitrogens is 1. The van der Waals surface area contributed by atoms with Crippen molar-refractivity contribution in [2.75, 3.05) is 6.61 Å². The van der Waals surface area contributed by atoms with Crippen molar-refractivity contribution in [1.29, 1.82) is 0 Å². The van der Waals surface area contributed by atoms with Crippen LogP contribution in [0, 0.1) is 3.70 Å². The van der Waals surface area contributed by atoms with Gasteiger partial charge in [-0.15, -0.1) is 0 Å². The first-order valence-electron chi connectivity index (χ1n) is 3.36. The van der Waals surface area contributed by atoms with Gasteiger partial charge in [0.1, 0.15) is 5.69 Å². The Morgan fingerprint density at radius 3 is 2.92 bits per heavy atom. The Kier molecular flexibility index (Phi) is 3.57. The highest BCUT2D eigenvalue weighted by Crippen LogP contribution is 2.19. The summed E-state index contributed by atoms with van der Waals surface area (Å²) in [7, 11) is 0. The molecule has 0 unspecified atom stereocenters. The molecule has 0 amide bonds. The van der Waals surface area contributed by atoms with Crippen LogP contribution >= 0.6 is 38.5 Å². The van der Waals surface area contributed by atoms with Crippen molar-refractivity contribution in [1.82, 2.24) is 4.98 Å². The van der Waals surface area contributed by atoms with E-state index in [4.69, 9.17) is 4.74 Å². The number of aromatic nitrogens is 1. The molecule has 0 aromatic carbocycles. The zero-order valence-corrected chi connectivity index (χ0v) is 10.1. The maximum atomic E-state index is 11.1. The Morgan fingerprint density at radius 1 is 1.83 bits per heavy atom. The second-order valence-corrected chi connectivity index (χ2v) is 4.00. The van der Waals surface area contributed by atoms with Gasteiger partial charge in [0.05, 0.1) is 10.3 Å². The molecule has 0 radical (unpaired) electrons. The smallest absolute Gasteiger partial charge is 0.354 e. The third-order valence-electron chi connectivity index (χ3n) is 1.22. The van der Waals surface area contributed by atoms with E-state index in [0.29, 0.717) is 12.3 Å². The van der Waals surface area contributed by atoms with Gasteiger partial charge >= 0.3 is 5.97 Å². The first kappa shape index (κ1) is 10.0. The maximum absolute atomic E-state index is 11.1. The molecule has 1 rings (SSSR count). The molecule has 0 saturated heterocycles. The normalized spacial score (nSPS) is 9.92. The number of hydrogen-bond acceptors (Lipinski definition) is 2. The van der Waals surface area contributed by atoms with Gasteiger partial charge in [-0.2, -0.15) is 0 Å². The van der Waals surface area contributed by atoms with E-state index in [2.05, 4.69) is 43.5 Å². The van der Waals surface area contributed by atoms with E-state index in [0.717, 1.165) is 8.17 Å². The van der Waals surface area contributed by atoms with Gasteiger partial charge < -0.3 is 9.72 Å². The standard InChI is InChI=1S/C7H7BrINO2/c1-2-12-7(11)5-3-4(8)6(9)10-5/h3,10H,2H2,1H3. The monoisotopic (exact) mass is 343 g/mol. The van der Waals surface area contributed by atoms with Crippen LogP contribution in [0.15, 0.2) is 10.5 Å². The van der Waals surface area contributed by atoms with Crippen LogP contribution in [0.25, 0.3) is 0 Å². The lowest BCUT2D eigenvalue weighted by atomic mass is 10.4. The SMILES string of the molecule is CCOC(=O)c1cc(Br)c(I)[nH]1. The molecule has 5 heteroatoms. The minimum Gasteiger partial charge on any atom is -0.461 e. The summed E-state index contributed by atoms with van der Waals surface area (Å²) in [5, 5.41) is 0. The second kappa shape index (κ2) is 4.27. The van der Waals surface area contributed by atoms with Crippen molar-refractivity contribution in [3.8, 4) is 0 Å². The number of nitrogens with one attached hydrogen (secondary N) is 1. The number of aromatic amines is 1. The fourth-order valence-corrected chi connectivity index (χ4v) is 1.50. The van der Waals surface area contributed by atoms with Crippen LogP contribution < -0.4 is 0 Å². The van der Waals surface area contributed by atoms with Gasteiger partial charge in [-0.1, -0.05) is 0 Å². The molecule has 0 atom stereocenters. The highest BCUT2D eigenvalue weighted by atomic mass is 127. The summed E-state index contributed by atoms with van der Waals surface area (Å²) in [6.45, 7) is 2.17. The van der Waals surface area contributed by atoms with E-state index < -0.39 is 0 Å². The van der Waals surface area contributed by atoms with E-state index in [9.17, 15) is 4.79 Å². The van der Waals surface area contributed by atoms with Gasteiger partial charge in [0.15, 0.2) is 0 Å². The van der Waals surface area contributed by atoms with E-state index >= 15 is 0 Å². The quantitative estimate of drug-likeness (QED) is 0.662. The van der Waals surface area contributed by atoms with Crippen molar-refractivity contribution in [2.45, 2.75) is 6.92 Å². The number of esters is 1. The summed E-state index contributed by atoms with van der Waals surface area (Å²) < 4.78 is 6.58. The Balaban J connectivity index is 2.82. The van der Waals surface area contributed by atoms with E-state index in [1.807, 2.05) is 0 Å². The van der Waals surface area contributed by atoms with Crippen molar-refractivity contribution in [2.24, 2.45) is 0 Å².